The average molecular weight is 358 g/mol. The molecular weight excluding hydrogens is 340 g/mol. The van der Waals surface area contributed by atoms with E-state index >= 15 is 0 Å². The molecule has 4 rings (SSSR count). The van der Waals surface area contributed by atoms with Gasteiger partial charge in [0, 0.05) is 31.2 Å². The molecule has 1 aromatic carbocycles. The summed E-state index contributed by atoms with van der Waals surface area (Å²) in [5, 5.41) is 12.2. The van der Waals surface area contributed by atoms with Crippen molar-refractivity contribution in [3.63, 3.8) is 0 Å². The van der Waals surface area contributed by atoms with Crippen molar-refractivity contribution < 1.29 is 14.3 Å². The number of amides is 2. The lowest BCUT2D eigenvalue weighted by molar-refractivity contribution is -0.124. The number of ether oxygens (including phenoxy) is 1. The second-order valence-electron chi connectivity index (χ2n) is 6.18. The van der Waals surface area contributed by atoms with Gasteiger partial charge >= 0.3 is 0 Å². The SMILES string of the molecule is O=C(Nc1nnc([C@H]2CC(=O)N(c3ccccc3)C2)s1)[C@@H]1CCCO1. The van der Waals surface area contributed by atoms with Gasteiger partial charge in [0.25, 0.3) is 5.91 Å². The molecule has 0 spiro atoms. The summed E-state index contributed by atoms with van der Waals surface area (Å²) < 4.78 is 5.36. The monoisotopic (exact) mass is 358 g/mol. The van der Waals surface area contributed by atoms with Gasteiger partial charge in [0.15, 0.2) is 0 Å². The van der Waals surface area contributed by atoms with E-state index in [1.807, 2.05) is 30.3 Å². The number of carbonyl (C=O) groups is 2. The standard InChI is InChI=1S/C17H18N4O3S/c22-14-9-11(10-21(14)12-5-2-1-3-6-12)16-19-20-17(25-16)18-15(23)13-7-4-8-24-13/h1-3,5-6,11,13H,4,7-10H2,(H,18,20,23)/t11-,13-/m0/s1. The van der Waals surface area contributed by atoms with Crippen LogP contribution in [0.15, 0.2) is 30.3 Å². The van der Waals surface area contributed by atoms with Gasteiger partial charge in [-0.15, -0.1) is 10.2 Å². The molecule has 0 bridgehead atoms. The Morgan fingerprint density at radius 1 is 1.28 bits per heavy atom. The molecule has 2 saturated heterocycles. The number of hydrogen-bond acceptors (Lipinski definition) is 6. The van der Waals surface area contributed by atoms with Gasteiger partial charge in [-0.2, -0.15) is 0 Å². The van der Waals surface area contributed by atoms with Gasteiger partial charge in [-0.3, -0.25) is 14.9 Å². The number of nitrogens with one attached hydrogen (secondary N) is 1. The van der Waals surface area contributed by atoms with Crippen LogP contribution < -0.4 is 10.2 Å². The summed E-state index contributed by atoms with van der Waals surface area (Å²) in [4.78, 5) is 26.2. The Kier molecular flexibility index (Phi) is 4.46. The molecule has 2 aromatic rings. The van der Waals surface area contributed by atoms with Gasteiger partial charge < -0.3 is 9.64 Å². The third-order valence-corrected chi connectivity index (χ3v) is 5.44. The maximum atomic E-state index is 12.3. The summed E-state index contributed by atoms with van der Waals surface area (Å²) in [7, 11) is 0. The number of rotatable bonds is 4. The predicted molar refractivity (Wildman–Crippen MR) is 93.7 cm³/mol. The Balaban J connectivity index is 1.42. The molecule has 2 amide bonds. The normalized spacial score (nSPS) is 23.2. The first-order chi connectivity index (χ1) is 12.2. The molecule has 0 unspecified atom stereocenters. The number of anilines is 2. The lowest BCUT2D eigenvalue weighted by Gasteiger charge is -2.15. The minimum absolute atomic E-state index is 0.00131. The van der Waals surface area contributed by atoms with E-state index in [1.165, 1.54) is 11.3 Å². The first-order valence-electron chi connectivity index (χ1n) is 8.32. The van der Waals surface area contributed by atoms with Crippen LogP contribution in [0.4, 0.5) is 10.8 Å². The smallest absolute Gasteiger partial charge is 0.255 e. The van der Waals surface area contributed by atoms with Gasteiger partial charge in [-0.05, 0) is 25.0 Å². The molecule has 0 aliphatic carbocycles. The molecule has 130 valence electrons. The van der Waals surface area contributed by atoms with Gasteiger partial charge in [0.05, 0.1) is 0 Å². The van der Waals surface area contributed by atoms with Gasteiger partial charge in [0.2, 0.25) is 11.0 Å². The molecule has 3 heterocycles. The average Bonchev–Trinajstić information content (AvgIpc) is 3.36. The molecule has 7 nitrogen and oxygen atoms in total. The topological polar surface area (TPSA) is 84.4 Å². The fraction of sp³-hybridized carbons (Fsp3) is 0.412. The van der Waals surface area contributed by atoms with E-state index in [0.717, 1.165) is 23.5 Å². The largest absolute Gasteiger partial charge is 0.368 e. The molecule has 2 aliphatic rings. The molecular formula is C17H18N4O3S. The Bertz CT molecular complexity index is 773. The molecule has 2 atom stereocenters. The van der Waals surface area contributed by atoms with E-state index in [4.69, 9.17) is 4.74 Å². The van der Waals surface area contributed by atoms with E-state index in [2.05, 4.69) is 15.5 Å². The summed E-state index contributed by atoms with van der Waals surface area (Å²) >= 11 is 1.33. The summed E-state index contributed by atoms with van der Waals surface area (Å²) in [6.45, 7) is 1.20. The van der Waals surface area contributed by atoms with Crippen molar-refractivity contribution in [3.8, 4) is 0 Å². The summed E-state index contributed by atoms with van der Waals surface area (Å²) in [5.74, 6) is -0.0939. The van der Waals surface area contributed by atoms with Crippen LogP contribution in [0.2, 0.25) is 0 Å². The van der Waals surface area contributed by atoms with Crippen LogP contribution >= 0.6 is 11.3 Å². The zero-order valence-electron chi connectivity index (χ0n) is 13.6. The molecule has 1 N–H and O–H groups in total. The van der Waals surface area contributed by atoms with Crippen molar-refractivity contribution >= 4 is 34.0 Å². The summed E-state index contributed by atoms with van der Waals surface area (Å²) in [6.07, 6.45) is 1.65. The molecule has 0 saturated carbocycles. The van der Waals surface area contributed by atoms with Crippen molar-refractivity contribution in [2.45, 2.75) is 31.3 Å². The van der Waals surface area contributed by atoms with Gasteiger partial charge in [-0.1, -0.05) is 29.5 Å². The Hall–Kier alpha value is -2.32. The van der Waals surface area contributed by atoms with E-state index < -0.39 is 6.10 Å². The number of para-hydroxylation sites is 1. The minimum Gasteiger partial charge on any atom is -0.368 e. The highest BCUT2D eigenvalue weighted by Gasteiger charge is 2.34. The first-order valence-corrected chi connectivity index (χ1v) is 9.13. The third kappa shape index (κ3) is 3.40. The lowest BCUT2D eigenvalue weighted by atomic mass is 10.1. The first kappa shape index (κ1) is 16.2. The van der Waals surface area contributed by atoms with Gasteiger partial charge in [0.1, 0.15) is 11.1 Å². The zero-order chi connectivity index (χ0) is 17.2. The number of nitrogens with zero attached hydrogens (tertiary/aromatic N) is 3. The van der Waals surface area contributed by atoms with Gasteiger partial charge in [-0.25, -0.2) is 0 Å². The fourth-order valence-electron chi connectivity index (χ4n) is 3.15. The highest BCUT2D eigenvalue weighted by Crippen LogP contribution is 2.34. The quantitative estimate of drug-likeness (QED) is 0.905. The summed E-state index contributed by atoms with van der Waals surface area (Å²) in [5.41, 5.74) is 0.895. The highest BCUT2D eigenvalue weighted by atomic mass is 32.1. The van der Waals surface area contributed by atoms with E-state index in [1.54, 1.807) is 4.90 Å². The molecule has 2 fully saturated rings. The Morgan fingerprint density at radius 2 is 2.12 bits per heavy atom. The minimum atomic E-state index is -0.394. The van der Waals surface area contributed by atoms with Crippen LogP contribution in [-0.2, 0) is 14.3 Å². The molecule has 2 aliphatic heterocycles. The van der Waals surface area contributed by atoms with Crippen LogP contribution in [0, 0.1) is 0 Å². The summed E-state index contributed by atoms with van der Waals surface area (Å²) in [6, 6.07) is 9.61. The second kappa shape index (κ2) is 6.89. The number of aromatic nitrogens is 2. The van der Waals surface area contributed by atoms with Crippen molar-refractivity contribution in [3.05, 3.63) is 35.3 Å². The fourth-order valence-corrected chi connectivity index (χ4v) is 3.99. The maximum Gasteiger partial charge on any atom is 0.255 e. The van der Waals surface area contributed by atoms with Crippen molar-refractivity contribution in [1.82, 2.24) is 10.2 Å². The van der Waals surface area contributed by atoms with Crippen LogP contribution in [0.5, 0.6) is 0 Å². The number of carbonyl (C=O) groups excluding carboxylic acids is 2. The van der Waals surface area contributed by atoms with Crippen molar-refractivity contribution in [1.29, 1.82) is 0 Å². The molecule has 1 aromatic heterocycles. The Morgan fingerprint density at radius 3 is 2.88 bits per heavy atom. The maximum absolute atomic E-state index is 12.3. The molecule has 25 heavy (non-hydrogen) atoms. The molecule has 0 radical (unpaired) electrons. The molecule has 8 heteroatoms. The van der Waals surface area contributed by atoms with Crippen LogP contribution in [0.1, 0.15) is 30.2 Å². The van der Waals surface area contributed by atoms with E-state index in [0.29, 0.717) is 24.7 Å². The number of hydrogen-bond donors (Lipinski definition) is 1. The van der Waals surface area contributed by atoms with E-state index in [-0.39, 0.29) is 17.7 Å². The highest BCUT2D eigenvalue weighted by molar-refractivity contribution is 7.15. The van der Waals surface area contributed by atoms with E-state index in [9.17, 15) is 9.59 Å². The van der Waals surface area contributed by atoms with Crippen LogP contribution in [0.3, 0.4) is 0 Å². The second-order valence-corrected chi connectivity index (χ2v) is 7.19. The van der Waals surface area contributed by atoms with Crippen molar-refractivity contribution in [2.24, 2.45) is 0 Å². The lowest BCUT2D eigenvalue weighted by Crippen LogP contribution is -2.26. The van der Waals surface area contributed by atoms with Crippen LogP contribution in [-0.4, -0.2) is 41.3 Å². The zero-order valence-corrected chi connectivity index (χ0v) is 14.4. The van der Waals surface area contributed by atoms with Crippen molar-refractivity contribution in [2.75, 3.05) is 23.4 Å². The predicted octanol–water partition coefficient (Wildman–Crippen LogP) is 2.18. The third-order valence-electron chi connectivity index (χ3n) is 4.44. The number of benzene rings is 1. The van der Waals surface area contributed by atoms with Crippen LogP contribution in [0.25, 0.3) is 0 Å². The Labute approximate surface area is 149 Å².